The summed E-state index contributed by atoms with van der Waals surface area (Å²) >= 11 is 8.88. The van der Waals surface area contributed by atoms with Crippen molar-refractivity contribution in [2.45, 2.75) is 19.9 Å². The summed E-state index contributed by atoms with van der Waals surface area (Å²) in [6.07, 6.45) is 0. The first-order chi connectivity index (χ1) is 8.49. The normalized spacial score (nSPS) is 13.0. The molecule has 0 amide bonds. The lowest BCUT2D eigenvalue weighted by Gasteiger charge is -2.13. The summed E-state index contributed by atoms with van der Waals surface area (Å²) in [6, 6.07) is 10.6. The Morgan fingerprint density at radius 2 is 1.83 bits per heavy atom. The second kappa shape index (κ2) is 5.87. The van der Waals surface area contributed by atoms with Crippen LogP contribution in [0.4, 0.5) is 0 Å². The number of hydrogen-bond acceptors (Lipinski definition) is 2. The van der Waals surface area contributed by atoms with Crippen LogP contribution in [-0.4, -0.2) is 0 Å². The fourth-order valence-electron chi connectivity index (χ4n) is 1.69. The fourth-order valence-corrected chi connectivity index (χ4v) is 3.86. The number of benzene rings is 1. The van der Waals surface area contributed by atoms with Crippen molar-refractivity contribution >= 4 is 43.2 Å². The topological polar surface area (TPSA) is 26.0 Å². The van der Waals surface area contributed by atoms with Crippen LogP contribution in [-0.2, 0) is 0 Å². The number of nitrogens with two attached hydrogens (primary N) is 1. The highest BCUT2D eigenvalue weighted by atomic mass is 79.9. The molecule has 1 nitrogen and oxygen atoms in total. The highest BCUT2D eigenvalue weighted by Crippen LogP contribution is 2.37. The summed E-state index contributed by atoms with van der Waals surface area (Å²) in [5, 5.41) is 0. The van der Waals surface area contributed by atoms with Crippen molar-refractivity contribution in [3.05, 3.63) is 44.2 Å². The lowest BCUT2D eigenvalue weighted by atomic mass is 10.0. The van der Waals surface area contributed by atoms with E-state index in [2.05, 4.69) is 70.0 Å². The lowest BCUT2D eigenvalue weighted by Crippen LogP contribution is -2.14. The van der Waals surface area contributed by atoms with Crippen LogP contribution in [0.2, 0.25) is 0 Å². The molecule has 0 aliphatic carbocycles. The van der Waals surface area contributed by atoms with Gasteiger partial charge in [-0.15, -0.1) is 11.3 Å². The molecule has 0 spiro atoms. The molecule has 2 rings (SSSR count). The molecule has 0 aliphatic rings. The maximum absolute atomic E-state index is 6.19. The lowest BCUT2D eigenvalue weighted by molar-refractivity contribution is 0.521. The molecule has 1 heterocycles. The molecule has 0 aliphatic heterocycles. The van der Waals surface area contributed by atoms with Crippen LogP contribution in [0.3, 0.4) is 0 Å². The van der Waals surface area contributed by atoms with Gasteiger partial charge in [0.25, 0.3) is 0 Å². The Balaban J connectivity index is 2.38. The molecule has 1 atom stereocenters. The zero-order valence-electron chi connectivity index (χ0n) is 10.3. The predicted octanol–water partition coefficient (Wildman–Crippen LogP) is 5.60. The van der Waals surface area contributed by atoms with E-state index in [1.54, 1.807) is 11.3 Å². The van der Waals surface area contributed by atoms with Crippen LogP contribution in [0, 0.1) is 5.92 Å². The molecule has 0 radical (unpaired) electrons. The van der Waals surface area contributed by atoms with Crippen molar-refractivity contribution in [2.24, 2.45) is 11.7 Å². The molecule has 18 heavy (non-hydrogen) atoms. The van der Waals surface area contributed by atoms with Crippen molar-refractivity contribution in [1.82, 2.24) is 0 Å². The van der Waals surface area contributed by atoms with Crippen LogP contribution < -0.4 is 5.73 Å². The molecule has 2 N–H and O–H groups in total. The Hall–Kier alpha value is -0.160. The minimum atomic E-state index is 0.120. The molecule has 0 fully saturated rings. The van der Waals surface area contributed by atoms with Gasteiger partial charge in [-0.2, -0.15) is 0 Å². The number of halogens is 2. The average Bonchev–Trinajstić information content (AvgIpc) is 2.80. The smallest absolute Gasteiger partial charge is 0.0413 e. The second-order valence-corrected chi connectivity index (χ2v) is 7.48. The Morgan fingerprint density at radius 3 is 2.50 bits per heavy atom. The third-order valence-electron chi connectivity index (χ3n) is 2.87. The summed E-state index contributed by atoms with van der Waals surface area (Å²) in [6.45, 7) is 4.30. The van der Waals surface area contributed by atoms with E-state index >= 15 is 0 Å². The second-order valence-electron chi connectivity index (χ2n) is 4.60. The van der Waals surface area contributed by atoms with Gasteiger partial charge in [-0.25, -0.2) is 0 Å². The van der Waals surface area contributed by atoms with Gasteiger partial charge in [0.05, 0.1) is 0 Å². The maximum atomic E-state index is 6.19. The van der Waals surface area contributed by atoms with Gasteiger partial charge in [0, 0.05) is 30.3 Å². The quantitative estimate of drug-likeness (QED) is 0.727. The fraction of sp³-hybridized carbons (Fsp3) is 0.286. The van der Waals surface area contributed by atoms with Gasteiger partial charge >= 0.3 is 0 Å². The third-order valence-corrected chi connectivity index (χ3v) is 5.27. The van der Waals surface area contributed by atoms with Crippen molar-refractivity contribution in [3.63, 3.8) is 0 Å². The molecule has 0 saturated heterocycles. The Kier molecular flexibility index (Phi) is 4.64. The molecule has 1 unspecified atom stereocenters. The van der Waals surface area contributed by atoms with Crippen LogP contribution in [0.1, 0.15) is 24.8 Å². The van der Waals surface area contributed by atoms with E-state index in [-0.39, 0.29) is 6.04 Å². The van der Waals surface area contributed by atoms with E-state index in [0.717, 1.165) is 8.95 Å². The van der Waals surface area contributed by atoms with E-state index in [9.17, 15) is 0 Å². The monoisotopic (exact) mass is 387 g/mol. The van der Waals surface area contributed by atoms with Gasteiger partial charge in [-0.1, -0.05) is 45.7 Å². The van der Waals surface area contributed by atoms with E-state index in [4.69, 9.17) is 5.73 Å². The summed E-state index contributed by atoms with van der Waals surface area (Å²) in [4.78, 5) is 2.49. The summed E-state index contributed by atoms with van der Waals surface area (Å²) < 4.78 is 2.20. The summed E-state index contributed by atoms with van der Waals surface area (Å²) in [5.74, 6) is 0.461. The van der Waals surface area contributed by atoms with Gasteiger partial charge in [0.15, 0.2) is 0 Å². The molecule has 0 saturated carbocycles. The predicted molar refractivity (Wildman–Crippen MR) is 86.9 cm³/mol. The number of hydrogen-bond donors (Lipinski definition) is 1. The number of thiophene rings is 1. The van der Waals surface area contributed by atoms with Gasteiger partial charge in [0.2, 0.25) is 0 Å². The van der Waals surface area contributed by atoms with Crippen molar-refractivity contribution in [1.29, 1.82) is 0 Å². The molecular weight excluding hydrogens is 374 g/mol. The first-order valence-electron chi connectivity index (χ1n) is 5.79. The van der Waals surface area contributed by atoms with E-state index in [1.165, 1.54) is 15.3 Å². The largest absolute Gasteiger partial charge is 0.323 e. The SMILES string of the molecule is CC(C)C(N)c1ccc(-c2cc(Br)ccc2Br)s1. The summed E-state index contributed by atoms with van der Waals surface area (Å²) in [5.41, 5.74) is 7.39. The Morgan fingerprint density at radius 1 is 1.11 bits per heavy atom. The zero-order chi connectivity index (χ0) is 13.3. The average molecular weight is 389 g/mol. The minimum Gasteiger partial charge on any atom is -0.323 e. The standard InChI is InChI=1S/C14H15Br2NS/c1-8(2)14(17)13-6-5-12(18-13)10-7-9(15)3-4-11(10)16/h3-8,14H,17H2,1-2H3. The van der Waals surface area contributed by atoms with Crippen molar-refractivity contribution < 1.29 is 0 Å². The van der Waals surface area contributed by atoms with E-state index in [1.807, 2.05) is 6.07 Å². The molecule has 96 valence electrons. The maximum Gasteiger partial charge on any atom is 0.0413 e. The zero-order valence-corrected chi connectivity index (χ0v) is 14.3. The molecule has 1 aromatic heterocycles. The van der Waals surface area contributed by atoms with Crippen molar-refractivity contribution in [3.8, 4) is 10.4 Å². The van der Waals surface area contributed by atoms with Crippen molar-refractivity contribution in [2.75, 3.05) is 0 Å². The first-order valence-corrected chi connectivity index (χ1v) is 8.20. The van der Waals surface area contributed by atoms with Crippen LogP contribution in [0.15, 0.2) is 39.3 Å². The molecule has 2 aromatic rings. The van der Waals surface area contributed by atoms with Gasteiger partial charge in [0.1, 0.15) is 0 Å². The Labute approximate surface area is 129 Å². The first kappa shape index (κ1) is 14.3. The van der Waals surface area contributed by atoms with Crippen LogP contribution >= 0.6 is 43.2 Å². The van der Waals surface area contributed by atoms with E-state index in [0.29, 0.717) is 5.92 Å². The number of rotatable bonds is 3. The van der Waals surface area contributed by atoms with Gasteiger partial charge < -0.3 is 5.73 Å². The van der Waals surface area contributed by atoms with Crippen LogP contribution in [0.5, 0.6) is 0 Å². The van der Waals surface area contributed by atoms with E-state index < -0.39 is 0 Å². The molecule has 0 bridgehead atoms. The van der Waals surface area contributed by atoms with Crippen LogP contribution in [0.25, 0.3) is 10.4 Å². The van der Waals surface area contributed by atoms with Gasteiger partial charge in [-0.05, 0) is 36.2 Å². The minimum absolute atomic E-state index is 0.120. The Bertz CT molecular complexity index is 548. The highest BCUT2D eigenvalue weighted by Gasteiger charge is 2.14. The summed E-state index contributed by atoms with van der Waals surface area (Å²) in [7, 11) is 0. The van der Waals surface area contributed by atoms with Gasteiger partial charge in [-0.3, -0.25) is 0 Å². The molecule has 1 aromatic carbocycles. The highest BCUT2D eigenvalue weighted by molar-refractivity contribution is 9.11. The third kappa shape index (κ3) is 3.05. The molecule has 4 heteroatoms. The molecular formula is C14H15Br2NS.